The van der Waals surface area contributed by atoms with Gasteiger partial charge in [0.05, 0.1) is 18.1 Å². The summed E-state index contributed by atoms with van der Waals surface area (Å²) in [4.78, 5) is 4.77. The SMILES string of the molecule is Cc1csc(SCc2cccc(S(=O)(=O)N3CCOCC3)c2)n1. The minimum absolute atomic E-state index is 0.354. The maximum absolute atomic E-state index is 12.7. The zero-order valence-electron chi connectivity index (χ0n) is 12.8. The van der Waals surface area contributed by atoms with Crippen LogP contribution in [-0.2, 0) is 20.5 Å². The summed E-state index contributed by atoms with van der Waals surface area (Å²) < 4.78 is 33.1. The number of aryl methyl sites for hydroxylation is 1. The van der Waals surface area contributed by atoms with Crippen molar-refractivity contribution in [2.24, 2.45) is 0 Å². The number of rotatable bonds is 5. The molecular formula is C15H18N2O3S3. The number of aromatic nitrogens is 1. The van der Waals surface area contributed by atoms with Crippen molar-refractivity contribution >= 4 is 33.1 Å². The van der Waals surface area contributed by atoms with Gasteiger partial charge in [-0.05, 0) is 24.6 Å². The molecule has 0 N–H and O–H groups in total. The molecule has 0 radical (unpaired) electrons. The lowest BCUT2D eigenvalue weighted by molar-refractivity contribution is 0.0730. The number of morpholine rings is 1. The molecule has 0 spiro atoms. The fourth-order valence-corrected chi connectivity index (χ4v) is 5.55. The first-order chi connectivity index (χ1) is 11.1. The van der Waals surface area contributed by atoms with Crippen LogP contribution >= 0.6 is 23.1 Å². The summed E-state index contributed by atoms with van der Waals surface area (Å²) in [6, 6.07) is 7.17. The third kappa shape index (κ3) is 4.13. The van der Waals surface area contributed by atoms with Gasteiger partial charge >= 0.3 is 0 Å². The van der Waals surface area contributed by atoms with E-state index in [4.69, 9.17) is 4.74 Å². The second-order valence-electron chi connectivity index (χ2n) is 5.21. The standard InChI is InChI=1S/C15H18N2O3S3/c1-12-10-21-15(16-12)22-11-13-3-2-4-14(9-13)23(18,19)17-5-7-20-8-6-17/h2-4,9-10H,5-8,11H2,1H3. The third-order valence-electron chi connectivity index (χ3n) is 3.47. The van der Waals surface area contributed by atoms with Gasteiger partial charge in [0.15, 0.2) is 0 Å². The van der Waals surface area contributed by atoms with Crippen molar-refractivity contribution in [3.8, 4) is 0 Å². The van der Waals surface area contributed by atoms with Crippen LogP contribution in [0.25, 0.3) is 0 Å². The molecule has 0 atom stereocenters. The number of benzene rings is 1. The number of hydrogen-bond donors (Lipinski definition) is 0. The maximum atomic E-state index is 12.7. The van der Waals surface area contributed by atoms with Crippen LogP contribution in [0.15, 0.2) is 38.9 Å². The summed E-state index contributed by atoms with van der Waals surface area (Å²) >= 11 is 3.24. The summed E-state index contributed by atoms with van der Waals surface area (Å²) in [7, 11) is -3.43. The molecule has 124 valence electrons. The van der Waals surface area contributed by atoms with Crippen LogP contribution in [0.5, 0.6) is 0 Å². The van der Waals surface area contributed by atoms with Gasteiger partial charge < -0.3 is 4.74 Å². The van der Waals surface area contributed by atoms with Gasteiger partial charge in [-0.15, -0.1) is 11.3 Å². The summed E-state index contributed by atoms with van der Waals surface area (Å²) in [5, 5.41) is 2.02. The molecule has 2 aromatic rings. The van der Waals surface area contributed by atoms with Crippen LogP contribution in [0.3, 0.4) is 0 Å². The van der Waals surface area contributed by atoms with Gasteiger partial charge in [0.2, 0.25) is 10.0 Å². The number of nitrogens with zero attached hydrogens (tertiary/aromatic N) is 2. The molecule has 0 saturated carbocycles. The summed E-state index contributed by atoms with van der Waals surface area (Å²) in [6.07, 6.45) is 0. The second kappa shape index (κ2) is 7.31. The van der Waals surface area contributed by atoms with Gasteiger partial charge in [-0.1, -0.05) is 23.9 Å². The lowest BCUT2D eigenvalue weighted by Crippen LogP contribution is -2.40. The Kier molecular flexibility index (Phi) is 5.38. The van der Waals surface area contributed by atoms with Crippen LogP contribution in [0.2, 0.25) is 0 Å². The molecule has 5 nitrogen and oxygen atoms in total. The Morgan fingerprint density at radius 3 is 2.83 bits per heavy atom. The topological polar surface area (TPSA) is 59.5 Å². The molecule has 3 rings (SSSR count). The molecule has 1 saturated heterocycles. The number of thiazole rings is 1. The molecule has 0 unspecified atom stereocenters. The van der Waals surface area contributed by atoms with Crippen molar-refractivity contribution in [1.82, 2.24) is 9.29 Å². The summed E-state index contributed by atoms with van der Waals surface area (Å²) in [5.74, 6) is 0.708. The monoisotopic (exact) mass is 370 g/mol. The van der Waals surface area contributed by atoms with Crippen molar-refractivity contribution in [2.45, 2.75) is 21.9 Å². The van der Waals surface area contributed by atoms with Crippen LogP contribution in [0, 0.1) is 6.92 Å². The molecule has 1 aliphatic heterocycles. The van der Waals surface area contributed by atoms with Gasteiger partial charge in [0.25, 0.3) is 0 Å². The molecule has 2 heterocycles. The predicted octanol–water partition coefficient (Wildman–Crippen LogP) is 2.76. The minimum Gasteiger partial charge on any atom is -0.379 e. The highest BCUT2D eigenvalue weighted by atomic mass is 32.2. The number of hydrogen-bond acceptors (Lipinski definition) is 6. The van der Waals surface area contributed by atoms with Crippen LogP contribution in [-0.4, -0.2) is 44.0 Å². The Bertz CT molecular complexity index is 768. The summed E-state index contributed by atoms with van der Waals surface area (Å²) in [6.45, 7) is 3.71. The average molecular weight is 371 g/mol. The average Bonchev–Trinajstić information content (AvgIpc) is 2.99. The number of ether oxygens (including phenoxy) is 1. The Morgan fingerprint density at radius 2 is 2.13 bits per heavy atom. The van der Waals surface area contributed by atoms with E-state index in [0.717, 1.165) is 15.6 Å². The molecule has 1 aliphatic rings. The molecule has 23 heavy (non-hydrogen) atoms. The van der Waals surface area contributed by atoms with E-state index in [1.807, 2.05) is 18.4 Å². The zero-order valence-corrected chi connectivity index (χ0v) is 15.2. The van der Waals surface area contributed by atoms with E-state index >= 15 is 0 Å². The highest BCUT2D eigenvalue weighted by Gasteiger charge is 2.26. The van der Waals surface area contributed by atoms with Crippen LogP contribution < -0.4 is 0 Å². The maximum Gasteiger partial charge on any atom is 0.243 e. The highest BCUT2D eigenvalue weighted by molar-refractivity contribution is 8.00. The Balaban J connectivity index is 1.73. The first-order valence-electron chi connectivity index (χ1n) is 7.27. The van der Waals surface area contributed by atoms with Crippen LogP contribution in [0.1, 0.15) is 11.3 Å². The van der Waals surface area contributed by atoms with Gasteiger partial charge in [0.1, 0.15) is 4.34 Å². The Morgan fingerprint density at radius 1 is 1.35 bits per heavy atom. The molecule has 1 fully saturated rings. The zero-order chi connectivity index (χ0) is 16.3. The molecule has 0 aliphatic carbocycles. The highest BCUT2D eigenvalue weighted by Crippen LogP contribution is 2.27. The van der Waals surface area contributed by atoms with Crippen molar-refractivity contribution in [3.05, 3.63) is 40.9 Å². The van der Waals surface area contributed by atoms with Crippen molar-refractivity contribution in [3.63, 3.8) is 0 Å². The third-order valence-corrected chi connectivity index (χ3v) is 7.57. The van der Waals surface area contributed by atoms with Crippen LogP contribution in [0.4, 0.5) is 0 Å². The van der Waals surface area contributed by atoms with Crippen molar-refractivity contribution in [1.29, 1.82) is 0 Å². The number of thioether (sulfide) groups is 1. The predicted molar refractivity (Wildman–Crippen MR) is 92.4 cm³/mol. The van der Waals surface area contributed by atoms with E-state index in [1.54, 1.807) is 41.3 Å². The fraction of sp³-hybridized carbons (Fsp3) is 0.400. The normalized spacial score (nSPS) is 16.6. The largest absolute Gasteiger partial charge is 0.379 e. The van der Waals surface area contributed by atoms with E-state index < -0.39 is 10.0 Å². The quantitative estimate of drug-likeness (QED) is 0.758. The van der Waals surface area contributed by atoms with E-state index in [9.17, 15) is 8.42 Å². The lowest BCUT2D eigenvalue weighted by Gasteiger charge is -2.26. The van der Waals surface area contributed by atoms with E-state index in [-0.39, 0.29) is 0 Å². The first-order valence-corrected chi connectivity index (χ1v) is 10.6. The van der Waals surface area contributed by atoms with Crippen molar-refractivity contribution in [2.75, 3.05) is 26.3 Å². The van der Waals surface area contributed by atoms with Gasteiger partial charge in [-0.2, -0.15) is 4.31 Å². The second-order valence-corrected chi connectivity index (χ2v) is 9.23. The molecule has 8 heteroatoms. The molecule has 1 aromatic heterocycles. The first kappa shape index (κ1) is 16.9. The molecule has 0 amide bonds. The lowest BCUT2D eigenvalue weighted by atomic mass is 10.2. The number of sulfonamides is 1. The van der Waals surface area contributed by atoms with E-state index in [2.05, 4.69) is 4.98 Å². The molecular weight excluding hydrogens is 352 g/mol. The fourth-order valence-electron chi connectivity index (χ4n) is 2.28. The van der Waals surface area contributed by atoms with E-state index in [1.165, 1.54) is 4.31 Å². The molecule has 0 bridgehead atoms. The van der Waals surface area contributed by atoms with E-state index in [0.29, 0.717) is 37.0 Å². The minimum atomic E-state index is -3.43. The van der Waals surface area contributed by atoms with Gasteiger partial charge in [-0.3, -0.25) is 0 Å². The van der Waals surface area contributed by atoms with Crippen molar-refractivity contribution < 1.29 is 13.2 Å². The van der Waals surface area contributed by atoms with Gasteiger partial charge in [0, 0.05) is 29.9 Å². The van der Waals surface area contributed by atoms with Gasteiger partial charge in [-0.25, -0.2) is 13.4 Å². The Hall–Kier alpha value is -0.930. The molecule has 1 aromatic carbocycles. The summed E-state index contributed by atoms with van der Waals surface area (Å²) in [5.41, 5.74) is 2.00. The smallest absolute Gasteiger partial charge is 0.243 e. The Labute approximate surface area is 144 Å².